The highest BCUT2D eigenvalue weighted by atomic mass is 35.5. The third kappa shape index (κ3) is 4.26. The minimum Gasteiger partial charge on any atom is -0.480 e. The first-order valence-electron chi connectivity index (χ1n) is 6.91. The molecule has 0 saturated carbocycles. The van der Waals surface area contributed by atoms with Crippen LogP contribution in [0.3, 0.4) is 0 Å². The number of hydrogen-bond acceptors (Lipinski definition) is 4. The summed E-state index contributed by atoms with van der Waals surface area (Å²) in [7, 11) is 0. The van der Waals surface area contributed by atoms with E-state index in [1.54, 1.807) is 12.1 Å². The Bertz CT molecular complexity index is 723. The van der Waals surface area contributed by atoms with Crippen LogP contribution in [-0.4, -0.2) is 23.6 Å². The zero-order chi connectivity index (χ0) is 17.0. The van der Waals surface area contributed by atoms with Crippen molar-refractivity contribution < 1.29 is 23.8 Å². The molecule has 0 radical (unpaired) electrons. The molecule has 1 aromatic heterocycles. The predicted molar refractivity (Wildman–Crippen MR) is 85.3 cm³/mol. The lowest BCUT2D eigenvalue weighted by molar-refractivity contribution is -0.139. The van der Waals surface area contributed by atoms with Gasteiger partial charge in [-0.25, -0.2) is 4.79 Å². The number of halogens is 1. The van der Waals surface area contributed by atoms with E-state index in [2.05, 4.69) is 5.32 Å². The van der Waals surface area contributed by atoms with Gasteiger partial charge in [-0.05, 0) is 30.2 Å². The fourth-order valence-electron chi connectivity index (χ4n) is 1.98. The molecule has 0 unspecified atom stereocenters. The Morgan fingerprint density at radius 3 is 2.70 bits per heavy atom. The highest BCUT2D eigenvalue weighted by Crippen LogP contribution is 2.28. The first-order chi connectivity index (χ1) is 10.9. The second-order valence-corrected chi connectivity index (χ2v) is 5.55. The number of hydrogen-bond donors (Lipinski definition) is 2. The normalized spacial score (nSPS) is 10.6. The van der Waals surface area contributed by atoms with Gasteiger partial charge in [0.25, 0.3) is 5.91 Å². The number of rotatable bonds is 6. The number of carboxylic acid groups (broad SMARTS) is 1. The van der Waals surface area contributed by atoms with E-state index in [9.17, 15) is 9.59 Å². The van der Waals surface area contributed by atoms with Gasteiger partial charge < -0.3 is 19.6 Å². The summed E-state index contributed by atoms with van der Waals surface area (Å²) in [5.74, 6) is -0.841. The van der Waals surface area contributed by atoms with Gasteiger partial charge in [-0.1, -0.05) is 25.4 Å². The van der Waals surface area contributed by atoms with Crippen LogP contribution in [0, 0.1) is 0 Å². The summed E-state index contributed by atoms with van der Waals surface area (Å²) in [4.78, 5) is 22.7. The van der Waals surface area contributed by atoms with Gasteiger partial charge in [0.2, 0.25) is 0 Å². The molecular weight excluding hydrogens is 322 g/mol. The van der Waals surface area contributed by atoms with Gasteiger partial charge in [0, 0.05) is 11.3 Å². The maximum Gasteiger partial charge on any atom is 0.341 e. The Balaban J connectivity index is 2.11. The van der Waals surface area contributed by atoms with Crippen molar-refractivity contribution in [3.63, 3.8) is 0 Å². The standard InChI is InChI=1S/C16H16ClNO5/c1-9(2)11-5-6-22-15(11)16(21)18-10-3-4-13(12(17)7-10)23-8-14(19)20/h3-7,9H,8H2,1-2H3,(H,18,21)(H,19,20). The highest BCUT2D eigenvalue weighted by Gasteiger charge is 2.18. The van der Waals surface area contributed by atoms with Crippen molar-refractivity contribution in [2.75, 3.05) is 11.9 Å². The van der Waals surface area contributed by atoms with E-state index in [1.165, 1.54) is 18.4 Å². The van der Waals surface area contributed by atoms with Crippen LogP contribution in [0.1, 0.15) is 35.9 Å². The van der Waals surface area contributed by atoms with Gasteiger partial charge >= 0.3 is 5.97 Å². The quantitative estimate of drug-likeness (QED) is 0.837. The molecule has 2 aromatic rings. The number of furan rings is 1. The molecule has 0 fully saturated rings. The van der Waals surface area contributed by atoms with Gasteiger partial charge in [0.05, 0.1) is 11.3 Å². The molecule has 1 aromatic carbocycles. The van der Waals surface area contributed by atoms with E-state index in [1.807, 2.05) is 13.8 Å². The van der Waals surface area contributed by atoms with Crippen LogP contribution in [0.2, 0.25) is 5.02 Å². The molecule has 0 aliphatic carbocycles. The maximum atomic E-state index is 12.3. The molecule has 0 aliphatic heterocycles. The summed E-state index contributed by atoms with van der Waals surface area (Å²) < 4.78 is 10.3. The Labute approximate surface area is 138 Å². The first-order valence-corrected chi connectivity index (χ1v) is 7.29. The second kappa shape index (κ2) is 7.19. The van der Waals surface area contributed by atoms with Crippen LogP contribution >= 0.6 is 11.6 Å². The maximum absolute atomic E-state index is 12.3. The highest BCUT2D eigenvalue weighted by molar-refractivity contribution is 6.32. The number of aliphatic carboxylic acids is 1. The van der Waals surface area contributed by atoms with Crippen LogP contribution in [0.4, 0.5) is 5.69 Å². The van der Waals surface area contributed by atoms with E-state index < -0.39 is 12.6 Å². The monoisotopic (exact) mass is 337 g/mol. The lowest BCUT2D eigenvalue weighted by Crippen LogP contribution is -2.13. The summed E-state index contributed by atoms with van der Waals surface area (Å²) in [5.41, 5.74) is 1.27. The molecule has 23 heavy (non-hydrogen) atoms. The average Bonchev–Trinajstić information content (AvgIpc) is 2.96. The second-order valence-electron chi connectivity index (χ2n) is 5.14. The number of carbonyl (C=O) groups excluding carboxylic acids is 1. The molecular formula is C16H16ClNO5. The molecule has 122 valence electrons. The Morgan fingerprint density at radius 2 is 2.09 bits per heavy atom. The van der Waals surface area contributed by atoms with Crippen LogP contribution in [-0.2, 0) is 4.79 Å². The predicted octanol–water partition coefficient (Wildman–Crippen LogP) is 3.77. The van der Waals surface area contributed by atoms with E-state index in [0.29, 0.717) is 5.69 Å². The van der Waals surface area contributed by atoms with Gasteiger partial charge in [0.1, 0.15) is 5.75 Å². The lowest BCUT2D eigenvalue weighted by Gasteiger charge is -2.10. The minimum atomic E-state index is -1.10. The first kappa shape index (κ1) is 16.9. The van der Waals surface area contributed by atoms with Crippen LogP contribution in [0.5, 0.6) is 5.75 Å². The van der Waals surface area contributed by atoms with Gasteiger partial charge in [-0.3, -0.25) is 4.79 Å². The Morgan fingerprint density at radius 1 is 1.35 bits per heavy atom. The molecule has 6 nitrogen and oxygen atoms in total. The Hall–Kier alpha value is -2.47. The van der Waals surface area contributed by atoms with Crippen molar-refractivity contribution in [1.29, 1.82) is 0 Å². The molecule has 2 rings (SSSR count). The zero-order valence-electron chi connectivity index (χ0n) is 12.6. The molecule has 0 spiro atoms. The minimum absolute atomic E-state index is 0.157. The van der Waals surface area contributed by atoms with Crippen molar-refractivity contribution in [3.8, 4) is 5.75 Å². The molecule has 2 N–H and O–H groups in total. The third-order valence-electron chi connectivity index (χ3n) is 3.06. The average molecular weight is 338 g/mol. The van der Waals surface area contributed by atoms with Crippen molar-refractivity contribution in [3.05, 3.63) is 46.9 Å². The fourth-order valence-corrected chi connectivity index (χ4v) is 2.22. The van der Waals surface area contributed by atoms with E-state index in [-0.39, 0.29) is 28.4 Å². The molecule has 0 saturated heterocycles. The number of ether oxygens (including phenoxy) is 1. The number of nitrogens with one attached hydrogen (secondary N) is 1. The SMILES string of the molecule is CC(C)c1ccoc1C(=O)Nc1ccc(OCC(=O)O)c(Cl)c1. The van der Waals surface area contributed by atoms with E-state index in [0.717, 1.165) is 5.56 Å². The summed E-state index contributed by atoms with van der Waals surface area (Å²) in [5, 5.41) is 11.5. The molecule has 1 heterocycles. The van der Waals surface area contributed by atoms with Crippen LogP contribution in [0.25, 0.3) is 0 Å². The molecule has 1 amide bonds. The number of anilines is 1. The summed E-state index contributed by atoms with van der Waals surface area (Å²) in [6.45, 7) is 3.44. The largest absolute Gasteiger partial charge is 0.480 e. The number of carbonyl (C=O) groups is 2. The molecule has 0 bridgehead atoms. The van der Waals surface area contributed by atoms with Crippen LogP contribution in [0.15, 0.2) is 34.9 Å². The summed E-state index contributed by atoms with van der Waals surface area (Å²) >= 11 is 6.01. The topological polar surface area (TPSA) is 88.8 Å². The summed E-state index contributed by atoms with van der Waals surface area (Å²) in [6, 6.07) is 6.30. The zero-order valence-corrected chi connectivity index (χ0v) is 13.4. The van der Waals surface area contributed by atoms with Crippen molar-refractivity contribution in [2.45, 2.75) is 19.8 Å². The third-order valence-corrected chi connectivity index (χ3v) is 3.36. The van der Waals surface area contributed by atoms with Gasteiger partial charge in [0.15, 0.2) is 12.4 Å². The molecule has 0 atom stereocenters. The lowest BCUT2D eigenvalue weighted by atomic mass is 10.0. The van der Waals surface area contributed by atoms with Gasteiger partial charge in [-0.2, -0.15) is 0 Å². The summed E-state index contributed by atoms with van der Waals surface area (Å²) in [6.07, 6.45) is 1.47. The van der Waals surface area contributed by atoms with Crippen molar-refractivity contribution in [2.24, 2.45) is 0 Å². The van der Waals surface area contributed by atoms with Crippen LogP contribution < -0.4 is 10.1 Å². The molecule has 7 heteroatoms. The van der Waals surface area contributed by atoms with E-state index in [4.69, 9.17) is 25.9 Å². The number of amides is 1. The Kier molecular flexibility index (Phi) is 5.28. The number of benzene rings is 1. The van der Waals surface area contributed by atoms with Crippen molar-refractivity contribution >= 4 is 29.2 Å². The van der Waals surface area contributed by atoms with Crippen molar-refractivity contribution in [1.82, 2.24) is 0 Å². The number of carboxylic acids is 1. The molecule has 0 aliphatic rings. The smallest absolute Gasteiger partial charge is 0.341 e. The van der Waals surface area contributed by atoms with Gasteiger partial charge in [-0.15, -0.1) is 0 Å². The fraction of sp³-hybridized carbons (Fsp3) is 0.250. The van der Waals surface area contributed by atoms with E-state index >= 15 is 0 Å².